The van der Waals surface area contributed by atoms with Gasteiger partial charge < -0.3 is 14.2 Å². The number of ketones is 1. The van der Waals surface area contributed by atoms with Crippen molar-refractivity contribution in [3.63, 3.8) is 0 Å². The van der Waals surface area contributed by atoms with Crippen LogP contribution in [0.4, 0.5) is 0 Å². The lowest BCUT2D eigenvalue weighted by Gasteiger charge is -2.32. The molecule has 8 nitrogen and oxygen atoms in total. The van der Waals surface area contributed by atoms with Gasteiger partial charge in [-0.3, -0.25) is 24.1 Å². The summed E-state index contributed by atoms with van der Waals surface area (Å²) >= 11 is 0. The second-order valence-electron chi connectivity index (χ2n) is 21.4. The number of esters is 3. The first-order valence-electron chi connectivity index (χ1n) is 30.3. The smallest absolute Gasteiger partial charge is 0.320 e. The Bertz CT molecular complexity index is 1250. The molecular formula is C63H115NO7. The standard InChI is InChI=1S/C63H115NO7/c1-6-9-12-15-18-21-24-27-30-33-36-39-42-45-48-51-59(65)54-63(58-71-62(68)55-64(4)5,56-69-60(66)52-49-46-43-40-37-34-31-28-25-22-19-16-13-10-7-2)57-70-61(67)53-50-47-44-41-38-35-32-29-26-23-20-17-14-11-8-3/h27-32H,6-26,33-58H2,1-5H3/b30-27-,31-28-,32-29-. The van der Waals surface area contributed by atoms with Crippen molar-refractivity contribution in [1.82, 2.24) is 4.90 Å². The van der Waals surface area contributed by atoms with Gasteiger partial charge in [0.2, 0.25) is 0 Å². The Morgan fingerprint density at radius 1 is 0.338 bits per heavy atom. The highest BCUT2D eigenvalue weighted by atomic mass is 16.6. The first kappa shape index (κ1) is 68.3. The van der Waals surface area contributed by atoms with Gasteiger partial charge in [-0.25, -0.2) is 0 Å². The molecule has 8 heteroatoms. The van der Waals surface area contributed by atoms with E-state index in [-0.39, 0.29) is 63.3 Å². The summed E-state index contributed by atoms with van der Waals surface area (Å²) in [6.45, 7) is 6.39. The average molecular weight is 999 g/mol. The van der Waals surface area contributed by atoms with E-state index in [0.717, 1.165) is 116 Å². The number of carbonyl (C=O) groups excluding carboxylic acids is 4. The Kier molecular flexibility index (Phi) is 51.5. The summed E-state index contributed by atoms with van der Waals surface area (Å²) in [7, 11) is 3.58. The number of likely N-dealkylation sites (N-methyl/N-ethyl adjacent to an activating group) is 1. The Balaban J connectivity index is 5.18. The molecule has 0 aromatic carbocycles. The van der Waals surface area contributed by atoms with Crippen molar-refractivity contribution in [2.45, 2.75) is 297 Å². The number of rotatable bonds is 55. The minimum absolute atomic E-state index is 0.00696. The monoisotopic (exact) mass is 998 g/mol. The highest BCUT2D eigenvalue weighted by molar-refractivity contribution is 5.79. The van der Waals surface area contributed by atoms with Crippen LogP contribution in [-0.4, -0.2) is 69.1 Å². The van der Waals surface area contributed by atoms with Crippen LogP contribution in [-0.2, 0) is 33.4 Å². The van der Waals surface area contributed by atoms with Gasteiger partial charge in [0.05, 0.1) is 12.0 Å². The maximum atomic E-state index is 13.7. The predicted molar refractivity (Wildman–Crippen MR) is 302 cm³/mol. The van der Waals surface area contributed by atoms with Gasteiger partial charge in [-0.1, -0.05) is 211 Å². The molecule has 0 aromatic heterocycles. The molecule has 0 unspecified atom stereocenters. The highest BCUT2D eigenvalue weighted by Crippen LogP contribution is 2.28. The SMILES string of the molecule is CCCCCCCC/C=C\CCCCCCCC(=O)CC(COC(=O)CCCCCCC/C=C\CCCCCCCC)(COC(=O)CCCCCCC/C=C\CCCCCCCC)COC(=O)CN(C)C. The van der Waals surface area contributed by atoms with Gasteiger partial charge in [0.15, 0.2) is 0 Å². The number of Topliss-reactive ketones (excluding diaryl/α,β-unsaturated/α-hetero) is 1. The average Bonchev–Trinajstić information content (AvgIpc) is 3.35. The largest absolute Gasteiger partial charge is 0.465 e. The normalized spacial score (nSPS) is 12.0. The zero-order valence-electron chi connectivity index (χ0n) is 47.5. The fourth-order valence-corrected chi connectivity index (χ4v) is 9.01. The van der Waals surface area contributed by atoms with Crippen molar-refractivity contribution in [3.8, 4) is 0 Å². The Labute approximate surface area is 439 Å². The molecule has 0 radical (unpaired) electrons. The van der Waals surface area contributed by atoms with E-state index in [1.165, 1.54) is 135 Å². The third-order valence-corrected chi connectivity index (χ3v) is 13.6. The number of unbranched alkanes of at least 4 members (excludes halogenated alkanes) is 33. The van der Waals surface area contributed by atoms with E-state index in [2.05, 4.69) is 57.2 Å². The molecule has 0 fully saturated rings. The summed E-state index contributed by atoms with van der Waals surface area (Å²) in [5.74, 6) is -1.11. The molecule has 0 aromatic rings. The molecule has 0 spiro atoms. The van der Waals surface area contributed by atoms with E-state index in [1.54, 1.807) is 19.0 Å². The predicted octanol–water partition coefficient (Wildman–Crippen LogP) is 18.2. The van der Waals surface area contributed by atoms with Crippen molar-refractivity contribution in [3.05, 3.63) is 36.5 Å². The van der Waals surface area contributed by atoms with Crippen LogP contribution in [0.3, 0.4) is 0 Å². The van der Waals surface area contributed by atoms with Crippen molar-refractivity contribution in [2.24, 2.45) is 5.41 Å². The van der Waals surface area contributed by atoms with E-state index in [4.69, 9.17) is 14.2 Å². The lowest BCUT2D eigenvalue weighted by Crippen LogP contribution is -2.42. The maximum absolute atomic E-state index is 13.7. The third kappa shape index (κ3) is 50.6. The van der Waals surface area contributed by atoms with Crippen molar-refractivity contribution >= 4 is 23.7 Å². The Hall–Kier alpha value is -2.74. The summed E-state index contributed by atoms with van der Waals surface area (Å²) in [4.78, 5) is 54.7. The van der Waals surface area contributed by atoms with Crippen molar-refractivity contribution in [2.75, 3.05) is 40.5 Å². The molecule has 0 heterocycles. The highest BCUT2D eigenvalue weighted by Gasteiger charge is 2.38. The number of hydrogen-bond acceptors (Lipinski definition) is 8. The zero-order chi connectivity index (χ0) is 52.0. The molecule has 0 saturated carbocycles. The summed E-state index contributed by atoms with van der Waals surface area (Å²) in [6.07, 6.45) is 61.0. The van der Waals surface area contributed by atoms with Gasteiger partial charge in [-0.15, -0.1) is 0 Å². The molecule has 0 saturated heterocycles. The topological polar surface area (TPSA) is 99.2 Å². The van der Waals surface area contributed by atoms with Crippen LogP contribution in [0.5, 0.6) is 0 Å². The first-order chi connectivity index (χ1) is 34.7. The molecule has 0 N–H and O–H groups in total. The number of hydrogen-bond donors (Lipinski definition) is 0. The molecular weight excluding hydrogens is 883 g/mol. The number of allylic oxidation sites excluding steroid dienone is 6. The summed E-state index contributed by atoms with van der Waals surface area (Å²) in [5.41, 5.74) is -1.16. The summed E-state index contributed by atoms with van der Waals surface area (Å²) < 4.78 is 17.5. The second-order valence-corrected chi connectivity index (χ2v) is 21.4. The van der Waals surface area contributed by atoms with Gasteiger partial charge in [-0.05, 0) is 110 Å². The fourth-order valence-electron chi connectivity index (χ4n) is 9.01. The third-order valence-electron chi connectivity index (χ3n) is 13.6. The summed E-state index contributed by atoms with van der Waals surface area (Å²) in [6, 6.07) is 0. The van der Waals surface area contributed by atoms with Gasteiger partial charge in [0, 0.05) is 25.7 Å². The minimum Gasteiger partial charge on any atom is -0.465 e. The lowest BCUT2D eigenvalue weighted by atomic mass is 9.83. The number of ether oxygens (including phenoxy) is 3. The van der Waals surface area contributed by atoms with Crippen LogP contribution in [0.1, 0.15) is 297 Å². The van der Waals surface area contributed by atoms with Gasteiger partial charge in [0.1, 0.15) is 25.6 Å². The van der Waals surface area contributed by atoms with Crippen LogP contribution in [0, 0.1) is 5.41 Å². The van der Waals surface area contributed by atoms with E-state index < -0.39 is 11.4 Å². The maximum Gasteiger partial charge on any atom is 0.320 e. The molecule has 0 bridgehead atoms. The van der Waals surface area contributed by atoms with Crippen LogP contribution >= 0.6 is 0 Å². The Morgan fingerprint density at radius 2 is 0.592 bits per heavy atom. The van der Waals surface area contributed by atoms with Crippen molar-refractivity contribution < 1.29 is 33.4 Å². The Morgan fingerprint density at radius 3 is 0.887 bits per heavy atom. The quantitative estimate of drug-likeness (QED) is 0.0257. The van der Waals surface area contributed by atoms with Gasteiger partial charge in [-0.2, -0.15) is 0 Å². The molecule has 71 heavy (non-hydrogen) atoms. The van der Waals surface area contributed by atoms with Gasteiger partial charge >= 0.3 is 17.9 Å². The molecule has 0 atom stereocenters. The second kappa shape index (κ2) is 53.5. The van der Waals surface area contributed by atoms with E-state index in [1.807, 2.05) is 0 Å². The van der Waals surface area contributed by atoms with Crippen LogP contribution < -0.4 is 0 Å². The molecule has 0 amide bonds. The number of carbonyl (C=O) groups is 4. The van der Waals surface area contributed by atoms with Crippen LogP contribution in [0.25, 0.3) is 0 Å². The van der Waals surface area contributed by atoms with Crippen LogP contribution in [0.2, 0.25) is 0 Å². The minimum atomic E-state index is -1.16. The van der Waals surface area contributed by atoms with Crippen molar-refractivity contribution in [1.29, 1.82) is 0 Å². The van der Waals surface area contributed by atoms with E-state index in [9.17, 15) is 19.2 Å². The van der Waals surface area contributed by atoms with E-state index >= 15 is 0 Å². The zero-order valence-corrected chi connectivity index (χ0v) is 47.5. The van der Waals surface area contributed by atoms with Crippen LogP contribution in [0.15, 0.2) is 36.5 Å². The van der Waals surface area contributed by atoms with Gasteiger partial charge in [0.25, 0.3) is 0 Å². The molecule has 0 aliphatic heterocycles. The lowest BCUT2D eigenvalue weighted by molar-refractivity contribution is -0.165. The summed E-state index contributed by atoms with van der Waals surface area (Å²) in [5, 5.41) is 0. The first-order valence-corrected chi connectivity index (χ1v) is 30.3. The molecule has 0 aliphatic rings. The number of nitrogens with zero attached hydrogens (tertiary/aromatic N) is 1. The molecule has 414 valence electrons. The molecule has 0 rings (SSSR count). The van der Waals surface area contributed by atoms with E-state index in [0.29, 0.717) is 6.42 Å². The molecule has 0 aliphatic carbocycles. The fraction of sp³-hybridized carbons (Fsp3) is 0.841.